The third-order valence-electron chi connectivity index (χ3n) is 7.07. The molecule has 4 aromatic carbocycles. The maximum absolute atomic E-state index is 13.4. The predicted molar refractivity (Wildman–Crippen MR) is 145 cm³/mol. The van der Waals surface area contributed by atoms with Gasteiger partial charge in [-0.15, -0.1) is 22.7 Å². The zero-order valence-electron chi connectivity index (χ0n) is 19.3. The van der Waals surface area contributed by atoms with Gasteiger partial charge in [0.15, 0.2) is 33.1 Å². The van der Waals surface area contributed by atoms with Crippen LogP contribution in [-0.4, -0.2) is 33.1 Å². The molecule has 2 aliphatic carbocycles. The summed E-state index contributed by atoms with van der Waals surface area (Å²) in [5.41, 5.74) is 4.28. The molecule has 0 fully saturated rings. The van der Waals surface area contributed by atoms with Gasteiger partial charge >= 0.3 is 0 Å². The van der Waals surface area contributed by atoms with E-state index in [0.717, 1.165) is 0 Å². The van der Waals surface area contributed by atoms with Crippen LogP contribution in [-0.2, 0) is 0 Å². The number of fused-ring (bicyclic) bond motifs is 8. The minimum Gasteiger partial charge on any atom is -0.289 e. The van der Waals surface area contributed by atoms with E-state index >= 15 is 0 Å². The normalized spacial score (nSPS) is 14.0. The van der Waals surface area contributed by atoms with Gasteiger partial charge in [-0.05, 0) is 24.3 Å². The van der Waals surface area contributed by atoms with Crippen molar-refractivity contribution in [2.24, 2.45) is 0 Å². The van der Waals surface area contributed by atoms with Crippen LogP contribution < -0.4 is 0 Å². The van der Waals surface area contributed by atoms with E-state index in [2.05, 4.69) is 0 Å². The summed E-state index contributed by atoms with van der Waals surface area (Å²) in [5.74, 6) is -0.751. The van der Waals surface area contributed by atoms with E-state index in [0.29, 0.717) is 75.0 Å². The Kier molecular flexibility index (Phi) is 4.20. The van der Waals surface area contributed by atoms with Crippen LogP contribution in [0.15, 0.2) is 72.8 Å². The number of nitrogens with zero attached hydrogens (tertiary/aromatic N) is 2. The highest BCUT2D eigenvalue weighted by molar-refractivity contribution is 7.28. The fourth-order valence-corrected chi connectivity index (χ4v) is 7.55. The van der Waals surface area contributed by atoms with Gasteiger partial charge < -0.3 is 0 Å². The molecule has 6 aromatic rings. The predicted octanol–water partition coefficient (Wildman–Crippen LogP) is 6.12. The Balaban J connectivity index is 1.31. The van der Waals surface area contributed by atoms with E-state index in [1.807, 2.05) is 0 Å². The van der Waals surface area contributed by atoms with Crippen LogP contribution in [0, 0.1) is 0 Å². The lowest BCUT2D eigenvalue weighted by Crippen LogP contribution is -2.20. The second kappa shape index (κ2) is 7.44. The molecule has 2 aromatic heterocycles. The first kappa shape index (κ1) is 21.4. The smallest absolute Gasteiger partial charge is 0.196 e. The summed E-state index contributed by atoms with van der Waals surface area (Å²) in [5, 5.41) is 1.16. The first-order chi connectivity index (χ1) is 18.5. The van der Waals surface area contributed by atoms with Crippen LogP contribution in [0.3, 0.4) is 0 Å². The molecule has 178 valence electrons. The zero-order valence-corrected chi connectivity index (χ0v) is 20.9. The number of hydrogen-bond acceptors (Lipinski definition) is 8. The van der Waals surface area contributed by atoms with Crippen molar-refractivity contribution in [2.45, 2.75) is 0 Å². The summed E-state index contributed by atoms with van der Waals surface area (Å²) < 4.78 is 1.26. The zero-order chi connectivity index (χ0) is 25.7. The summed E-state index contributed by atoms with van der Waals surface area (Å²) in [4.78, 5) is 62.6. The third kappa shape index (κ3) is 2.70. The Morgan fingerprint density at radius 1 is 0.421 bits per heavy atom. The fraction of sp³-hybridized carbons (Fsp3) is 0. The molecule has 6 nitrogen and oxygen atoms in total. The van der Waals surface area contributed by atoms with Crippen LogP contribution in [0.2, 0.25) is 0 Å². The summed E-state index contributed by atoms with van der Waals surface area (Å²) >= 11 is 2.60. The highest BCUT2D eigenvalue weighted by Crippen LogP contribution is 2.42. The van der Waals surface area contributed by atoms with Gasteiger partial charge in [-0.3, -0.25) is 19.2 Å². The molecule has 0 spiro atoms. The van der Waals surface area contributed by atoms with E-state index in [1.54, 1.807) is 72.8 Å². The van der Waals surface area contributed by atoms with E-state index < -0.39 is 0 Å². The van der Waals surface area contributed by atoms with Gasteiger partial charge in [0.1, 0.15) is 0 Å². The molecule has 0 amide bonds. The van der Waals surface area contributed by atoms with Crippen molar-refractivity contribution in [1.29, 1.82) is 0 Å². The monoisotopic (exact) mass is 528 g/mol. The van der Waals surface area contributed by atoms with E-state index in [-0.39, 0.29) is 23.1 Å². The van der Waals surface area contributed by atoms with E-state index in [1.165, 1.54) is 22.7 Å². The second-order valence-electron chi connectivity index (χ2n) is 9.12. The van der Waals surface area contributed by atoms with Gasteiger partial charge in [-0.1, -0.05) is 48.5 Å². The van der Waals surface area contributed by atoms with Crippen molar-refractivity contribution < 1.29 is 19.2 Å². The van der Waals surface area contributed by atoms with E-state index in [4.69, 9.17) is 9.97 Å². The molecule has 2 heterocycles. The van der Waals surface area contributed by atoms with Gasteiger partial charge in [0.05, 0.1) is 31.6 Å². The van der Waals surface area contributed by atoms with Crippen molar-refractivity contribution >= 4 is 66.2 Å². The van der Waals surface area contributed by atoms with Crippen LogP contribution >= 0.6 is 22.7 Å². The average Bonchev–Trinajstić information content (AvgIpc) is 3.58. The fourth-order valence-electron chi connectivity index (χ4n) is 5.31. The van der Waals surface area contributed by atoms with Gasteiger partial charge in [0, 0.05) is 33.4 Å². The highest BCUT2D eigenvalue weighted by atomic mass is 32.1. The first-order valence-corrected chi connectivity index (χ1v) is 13.4. The molecule has 0 unspecified atom stereocenters. The Hall–Kier alpha value is -4.66. The molecule has 0 atom stereocenters. The van der Waals surface area contributed by atoms with Crippen molar-refractivity contribution in [3.63, 3.8) is 0 Å². The minimum atomic E-state index is -0.197. The average molecular weight is 529 g/mol. The standard InChI is InChI=1S/C30H12N2O4S2/c33-23-13-5-1-3-7-15(13)25(35)21-17(23)9-11-19-27(21)37-29(31-19)30-32-20-12-10-18-22(28(20)38-30)26(36)16-8-4-2-6-14(16)24(18)34/h1-12H. The lowest BCUT2D eigenvalue weighted by Gasteiger charge is -2.17. The second-order valence-corrected chi connectivity index (χ2v) is 11.1. The summed E-state index contributed by atoms with van der Waals surface area (Å²) in [6, 6.07) is 20.5. The quantitative estimate of drug-likeness (QED) is 0.255. The molecule has 0 saturated heterocycles. The van der Waals surface area contributed by atoms with Crippen molar-refractivity contribution in [1.82, 2.24) is 9.97 Å². The minimum absolute atomic E-state index is 0.179. The Labute approximate surface area is 222 Å². The highest BCUT2D eigenvalue weighted by Gasteiger charge is 2.34. The van der Waals surface area contributed by atoms with Crippen molar-refractivity contribution in [3.05, 3.63) is 117 Å². The molecule has 8 rings (SSSR count). The lowest BCUT2D eigenvalue weighted by molar-refractivity contribution is 0.0980. The molecule has 8 heteroatoms. The third-order valence-corrected chi connectivity index (χ3v) is 9.39. The molecule has 38 heavy (non-hydrogen) atoms. The Morgan fingerprint density at radius 3 is 1.18 bits per heavy atom. The molecular weight excluding hydrogens is 516 g/mol. The molecule has 0 saturated carbocycles. The number of aromatic nitrogens is 2. The van der Waals surface area contributed by atoms with Gasteiger partial charge in [0.2, 0.25) is 0 Å². The summed E-state index contributed by atoms with van der Waals surface area (Å²) in [6.45, 7) is 0. The number of rotatable bonds is 1. The number of carbonyl (C=O) groups excluding carboxylic acids is 4. The molecule has 0 radical (unpaired) electrons. The summed E-state index contributed by atoms with van der Waals surface area (Å²) in [7, 11) is 0. The number of thiazole rings is 2. The summed E-state index contributed by atoms with van der Waals surface area (Å²) in [6.07, 6.45) is 0. The Bertz CT molecular complexity index is 1970. The molecule has 0 bridgehead atoms. The number of ketones is 4. The molecule has 2 aliphatic rings. The largest absolute Gasteiger partial charge is 0.289 e. The number of benzene rings is 4. The maximum Gasteiger partial charge on any atom is 0.196 e. The SMILES string of the molecule is O=C1c2ccccc2C(=O)c2c1ccc1nc(-c3nc4ccc5c(c4s3)C(=O)c3ccccc3C5=O)sc21. The van der Waals surface area contributed by atoms with Gasteiger partial charge in [0.25, 0.3) is 0 Å². The number of carbonyl (C=O) groups is 4. The number of hydrogen-bond donors (Lipinski definition) is 0. The molecule has 0 N–H and O–H groups in total. The van der Waals surface area contributed by atoms with Crippen LogP contribution in [0.4, 0.5) is 0 Å². The van der Waals surface area contributed by atoms with Crippen molar-refractivity contribution in [2.75, 3.05) is 0 Å². The van der Waals surface area contributed by atoms with Crippen LogP contribution in [0.5, 0.6) is 0 Å². The maximum atomic E-state index is 13.4. The van der Waals surface area contributed by atoms with Gasteiger partial charge in [-0.25, -0.2) is 9.97 Å². The lowest BCUT2D eigenvalue weighted by atomic mass is 9.84. The van der Waals surface area contributed by atoms with Crippen molar-refractivity contribution in [3.8, 4) is 10.0 Å². The van der Waals surface area contributed by atoms with Crippen LogP contribution in [0.1, 0.15) is 63.7 Å². The Morgan fingerprint density at radius 2 is 0.789 bits per heavy atom. The van der Waals surface area contributed by atoms with Gasteiger partial charge in [-0.2, -0.15) is 0 Å². The topological polar surface area (TPSA) is 94.1 Å². The van der Waals surface area contributed by atoms with Crippen LogP contribution in [0.25, 0.3) is 30.4 Å². The first-order valence-electron chi connectivity index (χ1n) is 11.8. The molecule has 0 aliphatic heterocycles. The van der Waals surface area contributed by atoms with E-state index in [9.17, 15) is 19.2 Å². The molecular formula is C30H12N2O4S2.